The van der Waals surface area contributed by atoms with Crippen LogP contribution >= 0.6 is 0 Å². The van der Waals surface area contributed by atoms with Gasteiger partial charge in [-0.15, -0.1) is 0 Å². The van der Waals surface area contributed by atoms with E-state index in [1.807, 2.05) is 36.4 Å². The van der Waals surface area contributed by atoms with E-state index < -0.39 is 9.84 Å². The fourth-order valence-corrected chi connectivity index (χ4v) is 4.38. The largest absolute Gasteiger partial charge is 0.497 e. The molecule has 0 spiro atoms. The molecule has 20 heavy (non-hydrogen) atoms. The lowest BCUT2D eigenvalue weighted by Gasteiger charge is -2.26. The third-order valence-corrected chi connectivity index (χ3v) is 5.62. The molecule has 0 aromatic heterocycles. The number of hydrogen-bond acceptors (Lipinski definition) is 3. The van der Waals surface area contributed by atoms with Gasteiger partial charge in [-0.25, -0.2) is 8.42 Å². The molecule has 1 unspecified atom stereocenters. The van der Waals surface area contributed by atoms with E-state index in [0.717, 1.165) is 11.1 Å². The van der Waals surface area contributed by atoms with Crippen molar-refractivity contribution in [2.75, 3.05) is 12.9 Å². The highest BCUT2D eigenvalue weighted by atomic mass is 32.2. The first-order chi connectivity index (χ1) is 9.62. The van der Waals surface area contributed by atoms with E-state index in [4.69, 9.17) is 4.74 Å². The molecule has 0 saturated carbocycles. The Bertz CT molecular complexity index is 721. The second-order valence-corrected chi connectivity index (χ2v) is 7.05. The molecule has 2 aromatic carbocycles. The lowest BCUT2D eigenvalue weighted by Crippen LogP contribution is -2.20. The van der Waals surface area contributed by atoms with Gasteiger partial charge in [0, 0.05) is 5.92 Å². The number of benzene rings is 2. The minimum absolute atomic E-state index is 0.116. The van der Waals surface area contributed by atoms with Gasteiger partial charge in [-0.3, -0.25) is 0 Å². The van der Waals surface area contributed by atoms with Crippen LogP contribution in [0.4, 0.5) is 0 Å². The van der Waals surface area contributed by atoms with Gasteiger partial charge in [-0.1, -0.05) is 30.3 Å². The number of ether oxygens (including phenoxy) is 1. The number of sulfone groups is 1. The van der Waals surface area contributed by atoms with Crippen LogP contribution in [-0.4, -0.2) is 21.3 Å². The van der Waals surface area contributed by atoms with E-state index >= 15 is 0 Å². The fourth-order valence-electron chi connectivity index (χ4n) is 2.78. The number of methoxy groups -OCH3 is 1. The van der Waals surface area contributed by atoms with Crippen LogP contribution in [0.1, 0.15) is 23.5 Å². The Hall–Kier alpha value is -1.81. The lowest BCUT2D eigenvalue weighted by atomic mass is 9.88. The standard InChI is InChI=1S/C16H16O3S/c1-19-13-7-8-16-15(11-13)14(9-10-20(16,17)18)12-5-3-2-4-6-12/h2-8,11,14H,9-10H2,1H3. The highest BCUT2D eigenvalue weighted by Gasteiger charge is 2.31. The van der Waals surface area contributed by atoms with Crippen molar-refractivity contribution in [1.82, 2.24) is 0 Å². The maximum atomic E-state index is 12.2. The maximum absolute atomic E-state index is 12.2. The predicted molar refractivity (Wildman–Crippen MR) is 77.9 cm³/mol. The molecule has 1 heterocycles. The summed E-state index contributed by atoms with van der Waals surface area (Å²) in [5, 5.41) is 0. The van der Waals surface area contributed by atoms with Gasteiger partial charge in [-0.05, 0) is 35.7 Å². The van der Waals surface area contributed by atoms with Crippen LogP contribution in [0.5, 0.6) is 5.75 Å². The van der Waals surface area contributed by atoms with Crippen molar-refractivity contribution < 1.29 is 13.2 Å². The molecule has 4 heteroatoms. The molecule has 0 aliphatic carbocycles. The zero-order valence-electron chi connectivity index (χ0n) is 11.2. The Balaban J connectivity index is 2.18. The normalized spacial score (nSPS) is 20.1. The van der Waals surface area contributed by atoms with Crippen LogP contribution < -0.4 is 4.74 Å². The van der Waals surface area contributed by atoms with E-state index in [1.54, 1.807) is 19.2 Å². The first-order valence-corrected chi connectivity index (χ1v) is 8.23. The zero-order chi connectivity index (χ0) is 14.2. The smallest absolute Gasteiger partial charge is 0.178 e. The Kier molecular flexibility index (Phi) is 3.26. The average Bonchev–Trinajstić information content (AvgIpc) is 2.47. The molecule has 0 amide bonds. The number of rotatable bonds is 2. The summed E-state index contributed by atoms with van der Waals surface area (Å²) < 4.78 is 29.7. The quantitative estimate of drug-likeness (QED) is 0.853. The van der Waals surface area contributed by atoms with Gasteiger partial charge in [0.2, 0.25) is 0 Å². The predicted octanol–water partition coefficient (Wildman–Crippen LogP) is 3.00. The van der Waals surface area contributed by atoms with Gasteiger partial charge in [-0.2, -0.15) is 0 Å². The Morgan fingerprint density at radius 3 is 2.55 bits per heavy atom. The van der Waals surface area contributed by atoms with Gasteiger partial charge in [0.25, 0.3) is 0 Å². The van der Waals surface area contributed by atoms with Crippen LogP contribution in [0.15, 0.2) is 53.4 Å². The summed E-state index contributed by atoms with van der Waals surface area (Å²) in [6.07, 6.45) is 0.618. The molecule has 1 atom stereocenters. The number of hydrogen-bond donors (Lipinski definition) is 0. The summed E-state index contributed by atoms with van der Waals surface area (Å²) in [4.78, 5) is 0.443. The monoisotopic (exact) mass is 288 g/mol. The highest BCUT2D eigenvalue weighted by molar-refractivity contribution is 7.91. The van der Waals surface area contributed by atoms with Crippen molar-refractivity contribution in [3.63, 3.8) is 0 Å². The van der Waals surface area contributed by atoms with E-state index in [9.17, 15) is 8.42 Å². The third kappa shape index (κ3) is 2.20. The summed E-state index contributed by atoms with van der Waals surface area (Å²) in [6.45, 7) is 0. The van der Waals surface area contributed by atoms with Crippen LogP contribution in [-0.2, 0) is 9.84 Å². The Morgan fingerprint density at radius 2 is 1.85 bits per heavy atom. The SMILES string of the molecule is COc1ccc2c(c1)C(c1ccccc1)CCS2(=O)=O. The van der Waals surface area contributed by atoms with Crippen molar-refractivity contribution in [2.45, 2.75) is 17.2 Å². The van der Waals surface area contributed by atoms with E-state index in [1.165, 1.54) is 0 Å². The fraction of sp³-hybridized carbons (Fsp3) is 0.250. The summed E-state index contributed by atoms with van der Waals surface area (Å²) in [7, 11) is -1.57. The van der Waals surface area contributed by atoms with Crippen LogP contribution in [0.3, 0.4) is 0 Å². The minimum atomic E-state index is -3.16. The molecule has 0 bridgehead atoms. The van der Waals surface area contributed by atoms with E-state index in [0.29, 0.717) is 17.1 Å². The van der Waals surface area contributed by atoms with Crippen LogP contribution in [0, 0.1) is 0 Å². The second kappa shape index (κ2) is 4.94. The summed E-state index contributed by atoms with van der Waals surface area (Å²) in [5.74, 6) is 1.01. The summed E-state index contributed by atoms with van der Waals surface area (Å²) in [6, 6.07) is 15.3. The summed E-state index contributed by atoms with van der Waals surface area (Å²) >= 11 is 0. The third-order valence-electron chi connectivity index (χ3n) is 3.80. The molecule has 1 aliphatic rings. The minimum Gasteiger partial charge on any atom is -0.497 e. The average molecular weight is 288 g/mol. The molecule has 0 fully saturated rings. The molecule has 3 nitrogen and oxygen atoms in total. The molecule has 1 aliphatic heterocycles. The van der Waals surface area contributed by atoms with Crippen molar-refractivity contribution in [3.8, 4) is 5.75 Å². The van der Waals surface area contributed by atoms with Gasteiger partial charge < -0.3 is 4.74 Å². The first-order valence-electron chi connectivity index (χ1n) is 6.57. The lowest BCUT2D eigenvalue weighted by molar-refractivity contribution is 0.413. The van der Waals surface area contributed by atoms with Crippen molar-refractivity contribution in [1.29, 1.82) is 0 Å². The molecule has 0 N–H and O–H groups in total. The summed E-state index contributed by atoms with van der Waals surface area (Å²) in [5.41, 5.74) is 2.00. The molecule has 0 radical (unpaired) electrons. The van der Waals surface area contributed by atoms with Gasteiger partial charge >= 0.3 is 0 Å². The van der Waals surface area contributed by atoms with Gasteiger partial charge in [0.15, 0.2) is 9.84 Å². The molecule has 2 aromatic rings. The van der Waals surface area contributed by atoms with Crippen molar-refractivity contribution in [2.24, 2.45) is 0 Å². The van der Waals surface area contributed by atoms with Crippen molar-refractivity contribution >= 4 is 9.84 Å². The molecule has 0 saturated heterocycles. The van der Waals surface area contributed by atoms with Crippen LogP contribution in [0.25, 0.3) is 0 Å². The molecule has 3 rings (SSSR count). The van der Waals surface area contributed by atoms with Crippen molar-refractivity contribution in [3.05, 3.63) is 59.7 Å². The number of fused-ring (bicyclic) bond motifs is 1. The highest BCUT2D eigenvalue weighted by Crippen LogP contribution is 2.39. The molecular weight excluding hydrogens is 272 g/mol. The van der Waals surface area contributed by atoms with E-state index in [-0.39, 0.29) is 11.7 Å². The topological polar surface area (TPSA) is 43.4 Å². The van der Waals surface area contributed by atoms with Gasteiger partial charge in [0.1, 0.15) is 5.75 Å². The Labute approximate surface area is 119 Å². The van der Waals surface area contributed by atoms with Gasteiger partial charge in [0.05, 0.1) is 17.8 Å². The second-order valence-electron chi connectivity index (χ2n) is 4.97. The zero-order valence-corrected chi connectivity index (χ0v) is 12.1. The van der Waals surface area contributed by atoms with E-state index in [2.05, 4.69) is 0 Å². The maximum Gasteiger partial charge on any atom is 0.178 e. The molecular formula is C16H16O3S. The molecule has 104 valence electrons. The van der Waals surface area contributed by atoms with Crippen LogP contribution in [0.2, 0.25) is 0 Å². The first kappa shape index (κ1) is 13.2. The Morgan fingerprint density at radius 1 is 1.10 bits per heavy atom.